The highest BCUT2D eigenvalue weighted by Crippen LogP contribution is 2.27. The third kappa shape index (κ3) is 3.25. The fraction of sp³-hybridized carbons (Fsp3) is 1.00. The Kier molecular flexibility index (Phi) is 4.35. The predicted molar refractivity (Wildman–Crippen MR) is 75.9 cm³/mol. The maximum absolute atomic E-state index is 5.75. The Morgan fingerprint density at radius 1 is 1.33 bits per heavy atom. The van der Waals surface area contributed by atoms with Gasteiger partial charge in [-0.25, -0.2) is 0 Å². The first-order chi connectivity index (χ1) is 8.45. The normalized spacial score (nSPS) is 37.0. The minimum absolute atomic E-state index is 0.271. The van der Waals surface area contributed by atoms with E-state index in [4.69, 9.17) is 4.74 Å². The molecule has 2 unspecified atom stereocenters. The first-order valence-corrected chi connectivity index (χ1v) is 7.57. The van der Waals surface area contributed by atoms with Gasteiger partial charge in [-0.1, -0.05) is 6.92 Å². The Hall–Kier alpha value is -0.120. The van der Waals surface area contributed by atoms with Crippen molar-refractivity contribution in [2.75, 3.05) is 26.2 Å². The van der Waals surface area contributed by atoms with E-state index in [1.54, 1.807) is 0 Å². The van der Waals surface area contributed by atoms with Crippen molar-refractivity contribution in [2.24, 2.45) is 0 Å². The van der Waals surface area contributed by atoms with Gasteiger partial charge in [0.05, 0.1) is 6.10 Å². The number of piperazine rings is 1. The molecule has 2 aliphatic heterocycles. The van der Waals surface area contributed by atoms with Crippen LogP contribution in [0.4, 0.5) is 0 Å². The van der Waals surface area contributed by atoms with Gasteiger partial charge in [-0.15, -0.1) is 0 Å². The highest BCUT2D eigenvalue weighted by molar-refractivity contribution is 4.99. The lowest BCUT2D eigenvalue weighted by Crippen LogP contribution is -2.67. The zero-order valence-corrected chi connectivity index (χ0v) is 12.6. The molecule has 3 heteroatoms. The van der Waals surface area contributed by atoms with Gasteiger partial charge >= 0.3 is 0 Å². The van der Waals surface area contributed by atoms with E-state index >= 15 is 0 Å². The summed E-state index contributed by atoms with van der Waals surface area (Å²) in [4.78, 5) is 2.66. The van der Waals surface area contributed by atoms with E-state index in [9.17, 15) is 0 Å². The van der Waals surface area contributed by atoms with E-state index in [0.717, 1.165) is 19.7 Å². The lowest BCUT2D eigenvalue weighted by atomic mass is 9.88. The summed E-state index contributed by atoms with van der Waals surface area (Å²) in [5.41, 5.74) is 0.555. The summed E-state index contributed by atoms with van der Waals surface area (Å²) in [5.74, 6) is 0. The average Bonchev–Trinajstić information content (AvgIpc) is 2.84. The zero-order valence-electron chi connectivity index (χ0n) is 12.6. The molecule has 0 amide bonds. The van der Waals surface area contributed by atoms with E-state index in [0.29, 0.717) is 6.10 Å². The van der Waals surface area contributed by atoms with E-state index in [1.807, 2.05) is 0 Å². The monoisotopic (exact) mass is 254 g/mol. The number of rotatable bonds is 4. The van der Waals surface area contributed by atoms with Crippen LogP contribution in [-0.4, -0.2) is 48.3 Å². The molecule has 2 rings (SSSR count). The van der Waals surface area contributed by atoms with Gasteiger partial charge in [0.15, 0.2) is 0 Å². The van der Waals surface area contributed by atoms with Crippen molar-refractivity contribution in [3.8, 4) is 0 Å². The minimum atomic E-state index is 0.271. The molecule has 18 heavy (non-hydrogen) atoms. The Labute approximate surface area is 112 Å². The van der Waals surface area contributed by atoms with Gasteiger partial charge in [-0.05, 0) is 46.5 Å². The summed E-state index contributed by atoms with van der Waals surface area (Å²) >= 11 is 0. The molecule has 0 aromatic carbocycles. The van der Waals surface area contributed by atoms with E-state index in [1.165, 1.54) is 32.2 Å². The van der Waals surface area contributed by atoms with Crippen LogP contribution in [0.3, 0.4) is 0 Å². The van der Waals surface area contributed by atoms with E-state index < -0.39 is 0 Å². The van der Waals surface area contributed by atoms with Crippen LogP contribution < -0.4 is 5.32 Å². The molecule has 2 fully saturated rings. The maximum Gasteiger partial charge on any atom is 0.0588 e. The Morgan fingerprint density at radius 2 is 2.11 bits per heavy atom. The standard InChI is InChI=1S/C15H30N2O/c1-5-15(4)12-17(14(2,3)11-16-15)9-8-13-7-6-10-18-13/h13,16H,5-12H2,1-4H3. The number of ether oxygens (including phenoxy) is 1. The molecule has 0 radical (unpaired) electrons. The second-order valence-electron chi connectivity index (χ2n) is 6.93. The van der Waals surface area contributed by atoms with Crippen molar-refractivity contribution in [2.45, 2.75) is 70.6 Å². The van der Waals surface area contributed by atoms with Crippen LogP contribution in [0.5, 0.6) is 0 Å². The van der Waals surface area contributed by atoms with Crippen LogP contribution >= 0.6 is 0 Å². The molecule has 2 aliphatic rings. The average molecular weight is 254 g/mol. The highest BCUT2D eigenvalue weighted by atomic mass is 16.5. The lowest BCUT2D eigenvalue weighted by molar-refractivity contribution is 0.0146. The zero-order chi connectivity index (χ0) is 13.2. The van der Waals surface area contributed by atoms with Gasteiger partial charge in [-0.3, -0.25) is 4.90 Å². The smallest absolute Gasteiger partial charge is 0.0588 e. The summed E-state index contributed by atoms with van der Waals surface area (Å²) in [6.07, 6.45) is 5.42. The molecular formula is C15H30N2O. The minimum Gasteiger partial charge on any atom is -0.378 e. The quantitative estimate of drug-likeness (QED) is 0.834. The molecule has 106 valence electrons. The first-order valence-electron chi connectivity index (χ1n) is 7.57. The van der Waals surface area contributed by atoms with Gasteiger partial charge in [0.2, 0.25) is 0 Å². The molecule has 0 aromatic rings. The highest BCUT2D eigenvalue weighted by Gasteiger charge is 2.39. The number of hydrogen-bond donors (Lipinski definition) is 1. The van der Waals surface area contributed by atoms with Crippen molar-refractivity contribution >= 4 is 0 Å². The van der Waals surface area contributed by atoms with E-state index in [2.05, 4.69) is 37.9 Å². The summed E-state index contributed by atoms with van der Waals surface area (Å²) < 4.78 is 5.75. The van der Waals surface area contributed by atoms with Crippen LogP contribution in [0.15, 0.2) is 0 Å². The van der Waals surface area contributed by atoms with Crippen LogP contribution in [0, 0.1) is 0 Å². The molecule has 0 aliphatic carbocycles. The van der Waals surface area contributed by atoms with E-state index in [-0.39, 0.29) is 11.1 Å². The van der Waals surface area contributed by atoms with Gasteiger partial charge < -0.3 is 10.1 Å². The van der Waals surface area contributed by atoms with Crippen molar-refractivity contribution in [1.29, 1.82) is 0 Å². The summed E-state index contributed by atoms with van der Waals surface area (Å²) in [7, 11) is 0. The fourth-order valence-electron chi connectivity index (χ4n) is 3.02. The molecule has 2 heterocycles. The summed E-state index contributed by atoms with van der Waals surface area (Å²) in [6.45, 7) is 13.7. The van der Waals surface area contributed by atoms with Crippen molar-refractivity contribution in [3.63, 3.8) is 0 Å². The van der Waals surface area contributed by atoms with Gasteiger partial charge in [0.1, 0.15) is 0 Å². The van der Waals surface area contributed by atoms with Crippen LogP contribution in [0.1, 0.15) is 53.4 Å². The molecule has 3 nitrogen and oxygen atoms in total. The molecule has 1 N–H and O–H groups in total. The van der Waals surface area contributed by atoms with Crippen molar-refractivity contribution in [3.05, 3.63) is 0 Å². The van der Waals surface area contributed by atoms with Gasteiger partial charge in [0.25, 0.3) is 0 Å². The Bertz CT molecular complexity index is 274. The molecule has 2 atom stereocenters. The number of nitrogens with zero attached hydrogens (tertiary/aromatic N) is 1. The Morgan fingerprint density at radius 3 is 2.72 bits per heavy atom. The SMILES string of the molecule is CCC1(C)CN(CCC2CCCO2)C(C)(C)CN1. The number of nitrogens with one attached hydrogen (secondary N) is 1. The van der Waals surface area contributed by atoms with Crippen LogP contribution in [0.2, 0.25) is 0 Å². The molecule has 0 spiro atoms. The molecule has 0 saturated carbocycles. The second kappa shape index (κ2) is 5.48. The van der Waals surface area contributed by atoms with Crippen LogP contribution in [0.25, 0.3) is 0 Å². The van der Waals surface area contributed by atoms with Gasteiger partial charge in [0, 0.05) is 37.3 Å². The predicted octanol–water partition coefficient (Wildman–Crippen LogP) is 2.41. The third-order valence-electron chi connectivity index (χ3n) is 4.87. The summed E-state index contributed by atoms with van der Waals surface area (Å²) in [5, 5.41) is 3.72. The maximum atomic E-state index is 5.75. The van der Waals surface area contributed by atoms with Gasteiger partial charge in [-0.2, -0.15) is 0 Å². The number of hydrogen-bond acceptors (Lipinski definition) is 3. The van der Waals surface area contributed by atoms with Crippen molar-refractivity contribution in [1.82, 2.24) is 10.2 Å². The molecule has 2 saturated heterocycles. The Balaban J connectivity index is 1.90. The van der Waals surface area contributed by atoms with Crippen molar-refractivity contribution < 1.29 is 4.74 Å². The molecule has 0 aromatic heterocycles. The second-order valence-corrected chi connectivity index (χ2v) is 6.93. The molecule has 0 bridgehead atoms. The molecular weight excluding hydrogens is 224 g/mol. The summed E-state index contributed by atoms with van der Waals surface area (Å²) in [6, 6.07) is 0. The lowest BCUT2D eigenvalue weighted by Gasteiger charge is -2.51. The first kappa shape index (κ1) is 14.3. The fourth-order valence-corrected chi connectivity index (χ4v) is 3.02. The third-order valence-corrected chi connectivity index (χ3v) is 4.87. The topological polar surface area (TPSA) is 24.5 Å². The van der Waals surface area contributed by atoms with Crippen LogP contribution in [-0.2, 0) is 4.74 Å². The largest absolute Gasteiger partial charge is 0.378 e.